The van der Waals surface area contributed by atoms with Gasteiger partial charge in [-0.15, -0.1) is 0 Å². The fourth-order valence-electron chi connectivity index (χ4n) is 3.58. The largest absolute Gasteiger partial charge is 0.485 e. The number of nitrogens with zero attached hydrogens (tertiary/aromatic N) is 2. The average Bonchev–Trinajstić information content (AvgIpc) is 2.71. The fraction of sp³-hybridized carbons (Fsp3) is 0.261. The summed E-state index contributed by atoms with van der Waals surface area (Å²) in [4.78, 5) is 21.0. The van der Waals surface area contributed by atoms with Crippen molar-refractivity contribution in [1.82, 2.24) is 15.3 Å². The van der Waals surface area contributed by atoms with Gasteiger partial charge in [0.2, 0.25) is 0 Å². The Morgan fingerprint density at radius 2 is 1.93 bits per heavy atom. The molecule has 0 bridgehead atoms. The molecule has 1 aliphatic rings. The molecule has 0 spiro atoms. The van der Waals surface area contributed by atoms with E-state index in [4.69, 9.17) is 4.74 Å². The summed E-state index contributed by atoms with van der Waals surface area (Å²) < 4.78 is 6.04. The van der Waals surface area contributed by atoms with Gasteiger partial charge in [0, 0.05) is 29.8 Å². The lowest BCUT2D eigenvalue weighted by molar-refractivity contribution is -0.0627. The highest BCUT2D eigenvalue weighted by Gasteiger charge is 2.43. The zero-order chi connectivity index (χ0) is 20.6. The summed E-state index contributed by atoms with van der Waals surface area (Å²) in [5.74, 6) is 0.349. The molecule has 3 heterocycles. The molecule has 0 aliphatic carbocycles. The van der Waals surface area contributed by atoms with Crippen molar-refractivity contribution in [2.45, 2.75) is 38.5 Å². The van der Waals surface area contributed by atoms with E-state index in [1.165, 1.54) is 6.20 Å². The lowest BCUT2D eigenvalue weighted by atomic mass is 9.85. The summed E-state index contributed by atoms with van der Waals surface area (Å²) in [6, 6.07) is 12.5. The molecule has 29 heavy (non-hydrogen) atoms. The van der Waals surface area contributed by atoms with Gasteiger partial charge in [0.25, 0.3) is 5.91 Å². The number of benzene rings is 1. The molecule has 6 heteroatoms. The molecule has 2 aromatic heterocycles. The maximum Gasteiger partial charge on any atom is 0.253 e. The number of hydrogen-bond donors (Lipinski definition) is 2. The second-order valence-corrected chi connectivity index (χ2v) is 7.78. The zero-order valence-corrected chi connectivity index (χ0v) is 16.6. The number of aryl methyl sites for hydroxylation is 1. The molecule has 0 saturated heterocycles. The molecular weight excluding hydrogens is 366 g/mol. The van der Waals surface area contributed by atoms with Crippen LogP contribution in [0.1, 0.15) is 41.5 Å². The maximum atomic E-state index is 12.8. The summed E-state index contributed by atoms with van der Waals surface area (Å²) in [5, 5.41) is 13.9. The van der Waals surface area contributed by atoms with Crippen molar-refractivity contribution < 1.29 is 14.6 Å². The lowest BCUT2D eigenvalue weighted by Gasteiger charge is -2.42. The molecule has 2 atom stereocenters. The highest BCUT2D eigenvalue weighted by molar-refractivity contribution is 5.94. The van der Waals surface area contributed by atoms with Crippen molar-refractivity contribution in [3.8, 4) is 16.9 Å². The van der Waals surface area contributed by atoms with Gasteiger partial charge in [0.1, 0.15) is 17.5 Å². The van der Waals surface area contributed by atoms with Crippen LogP contribution in [0.5, 0.6) is 5.75 Å². The number of amides is 1. The van der Waals surface area contributed by atoms with E-state index >= 15 is 0 Å². The standard InChI is InChI=1S/C23H23N3O3/c1-14-11-16(8-10-25-14)15-6-7-19-18(12-15)20(21(27)23(2,3)29-19)26-22(28)17-5-4-9-24-13-17/h4-13,20-21,27H,1-3H3,(H,26,28)/t20?,21-/m0/s1. The molecule has 3 aromatic rings. The number of rotatable bonds is 3. The van der Waals surface area contributed by atoms with Crippen LogP contribution >= 0.6 is 0 Å². The number of aliphatic hydroxyl groups excluding tert-OH is 1. The van der Waals surface area contributed by atoms with Crippen LogP contribution in [0.3, 0.4) is 0 Å². The third kappa shape index (κ3) is 3.71. The average molecular weight is 389 g/mol. The molecule has 0 fully saturated rings. The van der Waals surface area contributed by atoms with Crippen LogP contribution in [-0.2, 0) is 0 Å². The Bertz CT molecular complexity index is 1050. The summed E-state index contributed by atoms with van der Waals surface area (Å²) in [5.41, 5.74) is 3.21. The van der Waals surface area contributed by atoms with Crippen molar-refractivity contribution in [2.24, 2.45) is 0 Å². The van der Waals surface area contributed by atoms with Crippen molar-refractivity contribution in [3.63, 3.8) is 0 Å². The van der Waals surface area contributed by atoms with Crippen LogP contribution < -0.4 is 10.1 Å². The Labute approximate surface area is 169 Å². The Morgan fingerprint density at radius 3 is 2.66 bits per heavy atom. The molecule has 0 saturated carbocycles. The van der Waals surface area contributed by atoms with Gasteiger partial charge >= 0.3 is 0 Å². The Balaban J connectivity index is 1.75. The molecule has 0 radical (unpaired) electrons. The van der Waals surface area contributed by atoms with Crippen molar-refractivity contribution >= 4 is 5.91 Å². The summed E-state index contributed by atoms with van der Waals surface area (Å²) in [6.45, 7) is 5.56. The van der Waals surface area contributed by atoms with Gasteiger partial charge in [-0.3, -0.25) is 14.8 Å². The SMILES string of the molecule is Cc1cc(-c2ccc3c(c2)C(NC(=O)c2cccnc2)[C@H](O)C(C)(C)O3)ccn1. The Kier molecular flexibility index (Phi) is 4.80. The van der Waals surface area contributed by atoms with Crippen LogP contribution in [0.25, 0.3) is 11.1 Å². The summed E-state index contributed by atoms with van der Waals surface area (Å²) >= 11 is 0. The number of aliphatic hydroxyl groups is 1. The smallest absolute Gasteiger partial charge is 0.253 e. The van der Waals surface area contributed by atoms with Crippen LogP contribution in [-0.4, -0.2) is 32.7 Å². The van der Waals surface area contributed by atoms with E-state index in [1.54, 1.807) is 24.5 Å². The second kappa shape index (κ2) is 7.29. The molecule has 6 nitrogen and oxygen atoms in total. The first-order valence-electron chi connectivity index (χ1n) is 9.50. The topological polar surface area (TPSA) is 84.3 Å². The Morgan fingerprint density at radius 1 is 1.14 bits per heavy atom. The van der Waals surface area contributed by atoms with Crippen molar-refractivity contribution in [2.75, 3.05) is 0 Å². The maximum absolute atomic E-state index is 12.8. The number of ether oxygens (including phenoxy) is 1. The molecule has 1 aromatic carbocycles. The third-order valence-electron chi connectivity index (χ3n) is 5.19. The van der Waals surface area contributed by atoms with E-state index in [1.807, 2.05) is 51.1 Å². The number of carbonyl (C=O) groups excluding carboxylic acids is 1. The lowest BCUT2D eigenvalue weighted by Crippen LogP contribution is -2.53. The molecule has 2 N–H and O–H groups in total. The summed E-state index contributed by atoms with van der Waals surface area (Å²) in [7, 11) is 0. The molecule has 4 rings (SSSR count). The van der Waals surface area contributed by atoms with E-state index in [0.717, 1.165) is 22.4 Å². The zero-order valence-electron chi connectivity index (χ0n) is 16.6. The first-order chi connectivity index (χ1) is 13.8. The van der Waals surface area contributed by atoms with Gasteiger partial charge in [-0.2, -0.15) is 0 Å². The number of hydrogen-bond acceptors (Lipinski definition) is 5. The quantitative estimate of drug-likeness (QED) is 0.717. The van der Waals surface area contributed by atoms with Crippen LogP contribution in [0.4, 0.5) is 0 Å². The fourth-order valence-corrected chi connectivity index (χ4v) is 3.58. The predicted octanol–water partition coefficient (Wildman–Crippen LogP) is 3.46. The monoisotopic (exact) mass is 389 g/mol. The minimum Gasteiger partial charge on any atom is -0.485 e. The molecular formula is C23H23N3O3. The van der Waals surface area contributed by atoms with Gasteiger partial charge in [0.05, 0.1) is 11.6 Å². The first kappa shape index (κ1) is 19.1. The van der Waals surface area contributed by atoms with E-state index in [-0.39, 0.29) is 5.91 Å². The van der Waals surface area contributed by atoms with Crippen LogP contribution in [0, 0.1) is 6.92 Å². The first-order valence-corrected chi connectivity index (χ1v) is 9.50. The number of nitrogens with one attached hydrogen (secondary N) is 1. The highest BCUT2D eigenvalue weighted by Crippen LogP contribution is 2.41. The van der Waals surface area contributed by atoms with Gasteiger partial charge in [0.15, 0.2) is 0 Å². The molecule has 1 unspecified atom stereocenters. The third-order valence-corrected chi connectivity index (χ3v) is 5.19. The second-order valence-electron chi connectivity index (χ2n) is 7.78. The molecule has 1 amide bonds. The number of pyridine rings is 2. The van der Waals surface area contributed by atoms with Gasteiger partial charge < -0.3 is 15.2 Å². The van der Waals surface area contributed by atoms with E-state index in [2.05, 4.69) is 15.3 Å². The van der Waals surface area contributed by atoms with Gasteiger partial charge in [-0.05, 0) is 68.3 Å². The number of fused-ring (bicyclic) bond motifs is 1. The molecule has 1 aliphatic heterocycles. The minimum atomic E-state index is -0.926. The van der Waals surface area contributed by atoms with Crippen molar-refractivity contribution in [3.05, 3.63) is 77.9 Å². The predicted molar refractivity (Wildman–Crippen MR) is 110 cm³/mol. The Hall–Kier alpha value is -3.25. The summed E-state index contributed by atoms with van der Waals surface area (Å²) in [6.07, 6.45) is 3.95. The normalized spacial score (nSPS) is 19.7. The van der Waals surface area contributed by atoms with Gasteiger partial charge in [-0.1, -0.05) is 6.07 Å². The van der Waals surface area contributed by atoms with Crippen LogP contribution in [0.15, 0.2) is 61.1 Å². The van der Waals surface area contributed by atoms with Crippen LogP contribution in [0.2, 0.25) is 0 Å². The van der Waals surface area contributed by atoms with E-state index < -0.39 is 17.7 Å². The number of aromatic nitrogens is 2. The number of carbonyl (C=O) groups is 1. The van der Waals surface area contributed by atoms with Gasteiger partial charge in [-0.25, -0.2) is 0 Å². The minimum absolute atomic E-state index is 0.295. The van der Waals surface area contributed by atoms with E-state index in [0.29, 0.717) is 11.3 Å². The van der Waals surface area contributed by atoms with Crippen molar-refractivity contribution in [1.29, 1.82) is 0 Å². The molecule has 148 valence electrons. The highest BCUT2D eigenvalue weighted by atomic mass is 16.5. The van der Waals surface area contributed by atoms with E-state index in [9.17, 15) is 9.90 Å².